The van der Waals surface area contributed by atoms with Crippen LogP contribution in [0.5, 0.6) is 5.75 Å². The molecule has 0 unspecified atom stereocenters. The molecule has 0 amide bonds. The lowest BCUT2D eigenvalue weighted by Crippen LogP contribution is -2.32. The summed E-state index contributed by atoms with van der Waals surface area (Å²) < 4.78 is 0. The zero-order chi connectivity index (χ0) is 17.4. The molecule has 0 aliphatic carbocycles. The molecule has 3 nitrogen and oxygen atoms in total. The second kappa shape index (κ2) is 6.45. The molecule has 23 heavy (non-hydrogen) atoms. The van der Waals surface area contributed by atoms with Crippen LogP contribution < -0.4 is 0 Å². The highest BCUT2D eigenvalue weighted by Crippen LogP contribution is 2.38. The topological polar surface area (TPSA) is 43.7 Å². The Morgan fingerprint density at radius 2 is 1.74 bits per heavy atom. The van der Waals surface area contributed by atoms with Crippen LogP contribution in [0.15, 0.2) is 12.1 Å². The average molecular weight is 319 g/mol. The normalized spacial score (nSPS) is 20.2. The zero-order valence-corrected chi connectivity index (χ0v) is 15.6. The molecule has 0 bridgehead atoms. The van der Waals surface area contributed by atoms with E-state index in [1.165, 1.54) is 5.56 Å². The van der Waals surface area contributed by atoms with Crippen molar-refractivity contribution in [2.75, 3.05) is 13.2 Å². The van der Waals surface area contributed by atoms with Crippen LogP contribution in [-0.4, -0.2) is 34.3 Å². The molecular weight excluding hydrogens is 286 g/mol. The van der Waals surface area contributed by atoms with Crippen molar-refractivity contribution in [3.05, 3.63) is 28.8 Å². The molecule has 1 aliphatic rings. The van der Waals surface area contributed by atoms with Crippen molar-refractivity contribution in [1.82, 2.24) is 4.90 Å². The van der Waals surface area contributed by atoms with E-state index in [0.717, 1.165) is 30.5 Å². The first-order chi connectivity index (χ1) is 10.5. The van der Waals surface area contributed by atoms with Gasteiger partial charge in [-0.05, 0) is 41.3 Å². The lowest BCUT2D eigenvalue weighted by Gasteiger charge is -2.29. The van der Waals surface area contributed by atoms with Gasteiger partial charge >= 0.3 is 0 Å². The van der Waals surface area contributed by atoms with Crippen LogP contribution in [0.1, 0.15) is 71.1 Å². The summed E-state index contributed by atoms with van der Waals surface area (Å²) in [5.74, 6) is 0.425. The number of aliphatic hydroxyl groups excluding tert-OH is 1. The molecule has 1 atom stereocenters. The van der Waals surface area contributed by atoms with Crippen molar-refractivity contribution >= 4 is 0 Å². The third kappa shape index (κ3) is 4.07. The van der Waals surface area contributed by atoms with Gasteiger partial charge in [0, 0.05) is 18.2 Å². The van der Waals surface area contributed by atoms with Crippen LogP contribution >= 0.6 is 0 Å². The van der Waals surface area contributed by atoms with E-state index in [0.29, 0.717) is 12.3 Å². The lowest BCUT2D eigenvalue weighted by molar-refractivity contribution is 0.152. The summed E-state index contributed by atoms with van der Waals surface area (Å²) in [6, 6.07) is 4.54. The molecular formula is C20H33NO2. The molecule has 130 valence electrons. The summed E-state index contributed by atoms with van der Waals surface area (Å²) in [5.41, 5.74) is 3.21. The first-order valence-corrected chi connectivity index (χ1v) is 8.76. The fourth-order valence-corrected chi connectivity index (χ4v) is 3.35. The van der Waals surface area contributed by atoms with Crippen molar-refractivity contribution in [3.8, 4) is 5.75 Å². The molecule has 1 aliphatic heterocycles. The minimum atomic E-state index is -0.0958. The molecule has 1 saturated heterocycles. The third-order valence-corrected chi connectivity index (χ3v) is 4.95. The van der Waals surface area contributed by atoms with E-state index in [4.69, 9.17) is 0 Å². The molecule has 2 N–H and O–H groups in total. The van der Waals surface area contributed by atoms with Gasteiger partial charge in [0.15, 0.2) is 0 Å². The first-order valence-electron chi connectivity index (χ1n) is 8.76. The Balaban J connectivity index is 2.45. The minimum Gasteiger partial charge on any atom is -0.507 e. The maximum atomic E-state index is 10.8. The predicted octanol–water partition coefficient (Wildman–Crippen LogP) is 3.94. The molecule has 1 aromatic carbocycles. The van der Waals surface area contributed by atoms with E-state index in [1.54, 1.807) is 0 Å². The number of benzene rings is 1. The number of aliphatic hydroxyl groups is 1. The first kappa shape index (κ1) is 18.3. The Kier molecular flexibility index (Phi) is 5.12. The van der Waals surface area contributed by atoms with Gasteiger partial charge in [-0.2, -0.15) is 0 Å². The van der Waals surface area contributed by atoms with Crippen LogP contribution in [0.25, 0.3) is 0 Å². The number of phenols is 1. The van der Waals surface area contributed by atoms with Crippen molar-refractivity contribution in [2.45, 2.75) is 77.8 Å². The second-order valence-corrected chi connectivity index (χ2v) is 8.98. The van der Waals surface area contributed by atoms with Crippen LogP contribution in [0.2, 0.25) is 0 Å². The summed E-state index contributed by atoms with van der Waals surface area (Å²) >= 11 is 0. The number of rotatable bonds is 3. The number of hydrogen-bond donors (Lipinski definition) is 2. The van der Waals surface area contributed by atoms with Crippen molar-refractivity contribution in [1.29, 1.82) is 0 Å². The van der Waals surface area contributed by atoms with Crippen LogP contribution in [0.4, 0.5) is 0 Å². The van der Waals surface area contributed by atoms with Gasteiger partial charge in [0.2, 0.25) is 0 Å². The Hall–Kier alpha value is -1.06. The van der Waals surface area contributed by atoms with Gasteiger partial charge in [0.1, 0.15) is 5.75 Å². The van der Waals surface area contributed by atoms with E-state index in [2.05, 4.69) is 58.6 Å². The van der Waals surface area contributed by atoms with Gasteiger partial charge in [0.25, 0.3) is 0 Å². The maximum Gasteiger partial charge on any atom is 0.123 e. The highest BCUT2D eigenvalue weighted by molar-refractivity contribution is 5.48. The highest BCUT2D eigenvalue weighted by atomic mass is 16.3. The van der Waals surface area contributed by atoms with E-state index in [9.17, 15) is 10.2 Å². The van der Waals surface area contributed by atoms with Gasteiger partial charge in [-0.25, -0.2) is 0 Å². The Labute approximate surface area is 141 Å². The van der Waals surface area contributed by atoms with Crippen LogP contribution in [0, 0.1) is 0 Å². The van der Waals surface area contributed by atoms with Gasteiger partial charge in [-0.1, -0.05) is 53.7 Å². The number of phenolic OH excluding ortho intramolecular Hbond substituents is 1. The lowest BCUT2D eigenvalue weighted by atomic mass is 9.79. The summed E-state index contributed by atoms with van der Waals surface area (Å²) in [6.07, 6.45) is 2.17. The fourth-order valence-electron chi connectivity index (χ4n) is 3.35. The van der Waals surface area contributed by atoms with E-state index in [-0.39, 0.29) is 23.5 Å². The quantitative estimate of drug-likeness (QED) is 0.887. The predicted molar refractivity (Wildman–Crippen MR) is 96.0 cm³/mol. The molecule has 1 fully saturated rings. The molecule has 3 heteroatoms. The van der Waals surface area contributed by atoms with Gasteiger partial charge in [-0.3, -0.25) is 4.90 Å². The number of hydrogen-bond acceptors (Lipinski definition) is 3. The molecule has 0 radical (unpaired) electrons. The zero-order valence-electron chi connectivity index (χ0n) is 15.6. The molecule has 0 spiro atoms. The summed E-state index contributed by atoms with van der Waals surface area (Å²) in [7, 11) is 0. The summed E-state index contributed by atoms with van der Waals surface area (Å²) in [4.78, 5) is 2.30. The summed E-state index contributed by atoms with van der Waals surface area (Å²) in [6.45, 7) is 15.0. The van der Waals surface area contributed by atoms with E-state index < -0.39 is 0 Å². The van der Waals surface area contributed by atoms with Crippen molar-refractivity contribution < 1.29 is 10.2 Å². The average Bonchev–Trinajstić information content (AvgIpc) is 2.85. The van der Waals surface area contributed by atoms with Gasteiger partial charge in [0.05, 0.1) is 6.61 Å². The monoisotopic (exact) mass is 319 g/mol. The highest BCUT2D eigenvalue weighted by Gasteiger charge is 2.28. The van der Waals surface area contributed by atoms with E-state index in [1.807, 2.05) is 0 Å². The van der Waals surface area contributed by atoms with Gasteiger partial charge in [-0.15, -0.1) is 0 Å². The SMILES string of the molecule is CC(C)(C)c1cc(CN2CCC[C@@H]2CO)c(O)c(C(C)(C)C)c1. The van der Waals surface area contributed by atoms with Crippen LogP contribution in [0.3, 0.4) is 0 Å². The fraction of sp³-hybridized carbons (Fsp3) is 0.700. The molecule has 2 rings (SSSR count). The Morgan fingerprint density at radius 3 is 2.26 bits per heavy atom. The van der Waals surface area contributed by atoms with Crippen LogP contribution in [-0.2, 0) is 17.4 Å². The third-order valence-electron chi connectivity index (χ3n) is 4.95. The van der Waals surface area contributed by atoms with Crippen molar-refractivity contribution in [2.24, 2.45) is 0 Å². The number of aromatic hydroxyl groups is 1. The smallest absolute Gasteiger partial charge is 0.123 e. The molecule has 0 aromatic heterocycles. The minimum absolute atomic E-state index is 0.0455. The Morgan fingerprint density at radius 1 is 1.09 bits per heavy atom. The molecule has 1 aromatic rings. The van der Waals surface area contributed by atoms with Crippen molar-refractivity contribution in [3.63, 3.8) is 0 Å². The van der Waals surface area contributed by atoms with E-state index >= 15 is 0 Å². The molecule has 0 saturated carbocycles. The number of nitrogens with zero attached hydrogens (tertiary/aromatic N) is 1. The van der Waals surface area contributed by atoms with Gasteiger partial charge < -0.3 is 10.2 Å². The largest absolute Gasteiger partial charge is 0.507 e. The standard InChI is InChI=1S/C20H33NO2/c1-19(2,3)15-10-14(12-21-9-7-8-16(21)13-22)18(23)17(11-15)20(4,5)6/h10-11,16,22-23H,7-9,12-13H2,1-6H3/t16-/m1/s1. The summed E-state index contributed by atoms with van der Waals surface area (Å²) in [5, 5.41) is 20.4. The molecule has 1 heterocycles. The number of likely N-dealkylation sites (tertiary alicyclic amines) is 1. The Bertz CT molecular complexity index is 552. The second-order valence-electron chi connectivity index (χ2n) is 8.98. The maximum absolute atomic E-state index is 10.8.